The first-order valence-corrected chi connectivity index (χ1v) is 8.67. The van der Waals surface area contributed by atoms with Gasteiger partial charge in [0.1, 0.15) is 0 Å². The van der Waals surface area contributed by atoms with E-state index in [-0.39, 0.29) is 11.9 Å². The number of hydrogen-bond acceptors (Lipinski definition) is 4. The fraction of sp³-hybridized carbons (Fsp3) is 0.429. The summed E-state index contributed by atoms with van der Waals surface area (Å²) in [4.78, 5) is 17.8. The molecule has 2 rings (SSSR count). The predicted molar refractivity (Wildman–Crippen MR) is 80.9 cm³/mol. The minimum atomic E-state index is -3.24. The first-order valence-electron chi connectivity index (χ1n) is 6.78. The first kappa shape index (κ1) is 15.7. The Hall–Kier alpha value is -1.73. The number of carbonyl (C=O) groups excluding carboxylic acids is 1. The second kappa shape index (κ2) is 6.82. The topological polar surface area (TPSA) is 79.4 Å². The molecule has 0 aromatic carbocycles. The number of rotatable bonds is 4. The predicted octanol–water partition coefficient (Wildman–Crippen LogP) is 0.635. The zero-order valence-electron chi connectivity index (χ0n) is 11.9. The molecule has 0 spiro atoms. The lowest BCUT2D eigenvalue weighted by molar-refractivity contribution is -0.127. The summed E-state index contributed by atoms with van der Waals surface area (Å²) in [7, 11) is -3.24. The highest BCUT2D eigenvalue weighted by atomic mass is 32.2. The van der Waals surface area contributed by atoms with Gasteiger partial charge >= 0.3 is 0 Å². The SMILES string of the molecule is CS(=O)(=O)N[C@@H]1CCCN(C(=O)/C=C/c2cccnc2)C1. The number of nitrogens with one attached hydrogen (secondary N) is 1. The Bertz CT molecular complexity index is 614. The Morgan fingerprint density at radius 1 is 1.52 bits per heavy atom. The number of aromatic nitrogens is 1. The number of likely N-dealkylation sites (tertiary alicyclic amines) is 1. The van der Waals surface area contributed by atoms with E-state index in [1.54, 1.807) is 29.4 Å². The van der Waals surface area contributed by atoms with Gasteiger partial charge in [-0.2, -0.15) is 0 Å². The number of sulfonamides is 1. The lowest BCUT2D eigenvalue weighted by Crippen LogP contribution is -2.48. The Morgan fingerprint density at radius 2 is 2.33 bits per heavy atom. The van der Waals surface area contributed by atoms with Gasteiger partial charge in [-0.3, -0.25) is 9.78 Å². The van der Waals surface area contributed by atoms with Crippen LogP contribution in [-0.4, -0.2) is 49.6 Å². The molecule has 1 atom stereocenters. The number of nitrogens with zero attached hydrogens (tertiary/aromatic N) is 2. The van der Waals surface area contributed by atoms with Crippen LogP contribution in [0.4, 0.5) is 0 Å². The van der Waals surface area contributed by atoms with Crippen molar-refractivity contribution in [3.63, 3.8) is 0 Å². The molecule has 1 N–H and O–H groups in total. The minimum Gasteiger partial charge on any atom is -0.338 e. The maximum Gasteiger partial charge on any atom is 0.246 e. The molecule has 0 bridgehead atoms. The van der Waals surface area contributed by atoms with E-state index in [0.29, 0.717) is 13.1 Å². The van der Waals surface area contributed by atoms with E-state index in [0.717, 1.165) is 24.7 Å². The largest absolute Gasteiger partial charge is 0.338 e. The van der Waals surface area contributed by atoms with Gasteiger partial charge < -0.3 is 4.90 Å². The fourth-order valence-corrected chi connectivity index (χ4v) is 3.12. The van der Waals surface area contributed by atoms with Crippen molar-refractivity contribution in [2.24, 2.45) is 0 Å². The molecular formula is C14H19N3O3S. The average Bonchev–Trinajstić information content (AvgIpc) is 2.44. The quantitative estimate of drug-likeness (QED) is 0.828. The zero-order valence-corrected chi connectivity index (χ0v) is 12.7. The van der Waals surface area contributed by atoms with E-state index >= 15 is 0 Å². The van der Waals surface area contributed by atoms with Crippen molar-refractivity contribution in [3.8, 4) is 0 Å². The summed E-state index contributed by atoms with van der Waals surface area (Å²) < 4.78 is 25.1. The van der Waals surface area contributed by atoms with Crippen LogP contribution in [-0.2, 0) is 14.8 Å². The summed E-state index contributed by atoms with van der Waals surface area (Å²) >= 11 is 0. The van der Waals surface area contributed by atoms with Crippen molar-refractivity contribution in [1.29, 1.82) is 0 Å². The van der Waals surface area contributed by atoms with Crippen LogP contribution in [0, 0.1) is 0 Å². The van der Waals surface area contributed by atoms with Crippen LogP contribution in [0.15, 0.2) is 30.6 Å². The van der Waals surface area contributed by atoms with E-state index in [1.807, 2.05) is 6.07 Å². The molecule has 0 unspecified atom stereocenters. The smallest absolute Gasteiger partial charge is 0.246 e. The van der Waals surface area contributed by atoms with Crippen LogP contribution in [0.3, 0.4) is 0 Å². The van der Waals surface area contributed by atoms with Crippen LogP contribution in [0.1, 0.15) is 18.4 Å². The van der Waals surface area contributed by atoms with Gasteiger partial charge in [-0.25, -0.2) is 13.1 Å². The molecule has 0 radical (unpaired) electrons. The van der Waals surface area contributed by atoms with Crippen LogP contribution in [0.5, 0.6) is 0 Å². The zero-order chi connectivity index (χ0) is 15.3. The molecule has 6 nitrogen and oxygen atoms in total. The molecule has 1 aromatic rings. The molecule has 1 fully saturated rings. The molecule has 1 aromatic heterocycles. The van der Waals surface area contributed by atoms with E-state index in [2.05, 4.69) is 9.71 Å². The van der Waals surface area contributed by atoms with Crippen LogP contribution < -0.4 is 4.72 Å². The fourth-order valence-electron chi connectivity index (χ4n) is 2.32. The summed E-state index contributed by atoms with van der Waals surface area (Å²) in [6.07, 6.45) is 9.24. The van der Waals surface area contributed by atoms with Crippen molar-refractivity contribution in [3.05, 3.63) is 36.2 Å². The van der Waals surface area contributed by atoms with E-state index in [9.17, 15) is 13.2 Å². The number of hydrogen-bond donors (Lipinski definition) is 1. The molecule has 114 valence electrons. The van der Waals surface area contributed by atoms with Gasteiger partial charge in [0.15, 0.2) is 0 Å². The summed E-state index contributed by atoms with van der Waals surface area (Å²) in [6.45, 7) is 1.06. The number of piperidine rings is 1. The van der Waals surface area contributed by atoms with Crippen molar-refractivity contribution in [1.82, 2.24) is 14.6 Å². The maximum atomic E-state index is 12.1. The Kier molecular flexibility index (Phi) is 5.08. The van der Waals surface area contributed by atoms with Gasteiger partial charge in [-0.05, 0) is 30.5 Å². The normalized spacial score (nSPS) is 19.9. The first-order chi connectivity index (χ1) is 9.94. The molecular weight excluding hydrogens is 290 g/mol. The van der Waals surface area contributed by atoms with E-state index in [4.69, 9.17) is 0 Å². The molecule has 7 heteroatoms. The van der Waals surface area contributed by atoms with Crippen LogP contribution in [0.2, 0.25) is 0 Å². The van der Waals surface area contributed by atoms with Crippen molar-refractivity contribution >= 4 is 22.0 Å². The van der Waals surface area contributed by atoms with Gasteiger partial charge in [-0.15, -0.1) is 0 Å². The third kappa shape index (κ3) is 5.28. The Labute approximate surface area is 124 Å². The van der Waals surface area contributed by atoms with Gasteiger partial charge in [0.2, 0.25) is 15.9 Å². The molecule has 21 heavy (non-hydrogen) atoms. The molecule has 1 saturated heterocycles. The summed E-state index contributed by atoms with van der Waals surface area (Å²) in [6, 6.07) is 3.46. The van der Waals surface area contributed by atoms with Gasteiger partial charge in [0, 0.05) is 37.6 Å². The standard InChI is InChI=1S/C14H19N3O3S/c1-21(19,20)16-13-5-3-9-17(11-13)14(18)7-6-12-4-2-8-15-10-12/h2,4,6-8,10,13,16H,3,5,9,11H2,1H3/b7-6+/t13-/m1/s1. The molecule has 0 aliphatic carbocycles. The second-order valence-electron chi connectivity index (χ2n) is 5.13. The summed E-state index contributed by atoms with van der Waals surface area (Å²) in [5.74, 6) is -0.112. The molecule has 1 aliphatic heterocycles. The third-order valence-corrected chi connectivity index (χ3v) is 3.98. The Balaban J connectivity index is 1.94. The van der Waals surface area contributed by atoms with Gasteiger partial charge in [0.25, 0.3) is 0 Å². The van der Waals surface area contributed by atoms with Gasteiger partial charge in [-0.1, -0.05) is 6.07 Å². The van der Waals surface area contributed by atoms with E-state index in [1.165, 1.54) is 6.08 Å². The lowest BCUT2D eigenvalue weighted by Gasteiger charge is -2.32. The number of amides is 1. The third-order valence-electron chi connectivity index (χ3n) is 3.22. The molecule has 0 saturated carbocycles. The maximum absolute atomic E-state index is 12.1. The van der Waals surface area contributed by atoms with Crippen LogP contribution >= 0.6 is 0 Å². The minimum absolute atomic E-state index is 0.112. The monoisotopic (exact) mass is 309 g/mol. The molecule has 1 aliphatic rings. The van der Waals surface area contributed by atoms with Crippen molar-refractivity contribution in [2.45, 2.75) is 18.9 Å². The lowest BCUT2D eigenvalue weighted by atomic mass is 10.1. The number of pyridine rings is 1. The van der Waals surface area contributed by atoms with Crippen molar-refractivity contribution < 1.29 is 13.2 Å². The molecule has 2 heterocycles. The highest BCUT2D eigenvalue weighted by Crippen LogP contribution is 2.12. The van der Waals surface area contributed by atoms with Crippen LogP contribution in [0.25, 0.3) is 6.08 Å². The number of carbonyl (C=O) groups is 1. The summed E-state index contributed by atoms with van der Waals surface area (Å²) in [5, 5.41) is 0. The highest BCUT2D eigenvalue weighted by Gasteiger charge is 2.24. The van der Waals surface area contributed by atoms with Crippen molar-refractivity contribution in [2.75, 3.05) is 19.3 Å². The van der Waals surface area contributed by atoms with E-state index < -0.39 is 10.0 Å². The highest BCUT2D eigenvalue weighted by molar-refractivity contribution is 7.88. The average molecular weight is 309 g/mol. The molecule has 1 amide bonds. The van der Waals surface area contributed by atoms with Gasteiger partial charge in [0.05, 0.1) is 6.26 Å². The second-order valence-corrected chi connectivity index (χ2v) is 6.91. The Morgan fingerprint density at radius 3 is 3.00 bits per heavy atom. The summed E-state index contributed by atoms with van der Waals surface area (Å²) in [5.41, 5.74) is 0.855.